The lowest BCUT2D eigenvalue weighted by Gasteiger charge is -2.15. The molecule has 1 aromatic carbocycles. The molecule has 0 N–H and O–H groups in total. The van der Waals surface area contributed by atoms with Crippen LogP contribution in [0, 0.1) is 6.92 Å². The van der Waals surface area contributed by atoms with Crippen LogP contribution in [-0.4, -0.2) is 12.4 Å². The van der Waals surface area contributed by atoms with Crippen molar-refractivity contribution in [2.24, 2.45) is 0 Å². The maximum Gasteiger partial charge on any atom is 0.167 e. The smallest absolute Gasteiger partial charge is 0.167 e. The molecule has 0 bridgehead atoms. The van der Waals surface area contributed by atoms with E-state index >= 15 is 0 Å². The van der Waals surface area contributed by atoms with Gasteiger partial charge >= 0.3 is 0 Å². The molecule has 0 amide bonds. The predicted octanol–water partition coefficient (Wildman–Crippen LogP) is 3.09. The summed E-state index contributed by atoms with van der Waals surface area (Å²) in [6.07, 6.45) is 0. The summed E-state index contributed by atoms with van der Waals surface area (Å²) < 4.78 is 5.54. The third kappa shape index (κ3) is 3.08. The lowest BCUT2D eigenvalue weighted by atomic mass is 10.00. The van der Waals surface area contributed by atoms with Gasteiger partial charge in [0, 0.05) is 0 Å². The van der Waals surface area contributed by atoms with Gasteiger partial charge in [0.2, 0.25) is 0 Å². The van der Waals surface area contributed by atoms with Gasteiger partial charge in [-0.25, -0.2) is 0 Å². The molecule has 0 radical (unpaired) electrons. The van der Waals surface area contributed by atoms with Gasteiger partial charge in [-0.2, -0.15) is 0 Å². The molecule has 0 saturated carbocycles. The van der Waals surface area contributed by atoms with E-state index in [9.17, 15) is 4.79 Å². The predicted molar refractivity (Wildman–Crippen MR) is 61.4 cm³/mol. The van der Waals surface area contributed by atoms with E-state index in [4.69, 9.17) is 4.74 Å². The lowest BCUT2D eigenvalue weighted by Crippen LogP contribution is -2.09. The highest BCUT2D eigenvalue weighted by Gasteiger charge is 2.10. The van der Waals surface area contributed by atoms with Crippen molar-refractivity contribution in [3.05, 3.63) is 29.3 Å². The van der Waals surface area contributed by atoms with Crippen LogP contribution in [0.25, 0.3) is 0 Å². The quantitative estimate of drug-likeness (QED) is 0.756. The minimum atomic E-state index is 0.0490. The van der Waals surface area contributed by atoms with Gasteiger partial charge in [0.25, 0.3) is 0 Å². The lowest BCUT2D eigenvalue weighted by molar-refractivity contribution is -0.118. The molecule has 0 aliphatic carbocycles. The van der Waals surface area contributed by atoms with Gasteiger partial charge in [-0.05, 0) is 30.9 Å². The Bertz CT molecular complexity index is 354. The van der Waals surface area contributed by atoms with Crippen molar-refractivity contribution >= 4 is 5.78 Å². The number of ether oxygens (including phenoxy) is 1. The highest BCUT2D eigenvalue weighted by atomic mass is 16.5. The maximum atomic E-state index is 10.9. The van der Waals surface area contributed by atoms with Crippen LogP contribution in [0.4, 0.5) is 0 Å². The summed E-state index contributed by atoms with van der Waals surface area (Å²) in [4.78, 5) is 10.9. The van der Waals surface area contributed by atoms with Crippen LogP contribution in [-0.2, 0) is 4.79 Å². The van der Waals surface area contributed by atoms with Crippen LogP contribution in [0.2, 0.25) is 0 Å². The first-order valence-corrected chi connectivity index (χ1v) is 5.24. The fourth-order valence-electron chi connectivity index (χ4n) is 1.50. The molecular formula is C13H18O2. The monoisotopic (exact) mass is 206 g/mol. The van der Waals surface area contributed by atoms with Crippen molar-refractivity contribution in [2.45, 2.75) is 33.6 Å². The Morgan fingerprint density at radius 3 is 2.60 bits per heavy atom. The van der Waals surface area contributed by atoms with Crippen LogP contribution in [0.5, 0.6) is 5.75 Å². The molecule has 0 aromatic heterocycles. The van der Waals surface area contributed by atoms with Crippen molar-refractivity contribution in [2.75, 3.05) is 6.61 Å². The number of benzene rings is 1. The molecule has 0 aliphatic rings. The SMILES string of the molecule is CC(=O)COc1c(C)cccc1C(C)C. The van der Waals surface area contributed by atoms with Gasteiger partial charge in [-0.1, -0.05) is 32.0 Å². The van der Waals surface area contributed by atoms with Crippen molar-refractivity contribution < 1.29 is 9.53 Å². The Morgan fingerprint density at radius 1 is 1.40 bits per heavy atom. The van der Waals surface area contributed by atoms with E-state index in [0.29, 0.717) is 5.92 Å². The van der Waals surface area contributed by atoms with Gasteiger partial charge in [-0.15, -0.1) is 0 Å². The molecule has 15 heavy (non-hydrogen) atoms. The molecule has 0 aliphatic heterocycles. The number of rotatable bonds is 4. The second kappa shape index (κ2) is 4.96. The number of para-hydroxylation sites is 1. The maximum absolute atomic E-state index is 10.9. The third-order valence-corrected chi connectivity index (χ3v) is 2.28. The minimum Gasteiger partial charge on any atom is -0.485 e. The Hall–Kier alpha value is -1.31. The second-order valence-corrected chi connectivity index (χ2v) is 4.14. The molecule has 1 aromatic rings. The number of ketones is 1. The summed E-state index contributed by atoms with van der Waals surface area (Å²) in [5.74, 6) is 1.32. The zero-order valence-electron chi connectivity index (χ0n) is 9.83. The van der Waals surface area contributed by atoms with Gasteiger partial charge in [0.15, 0.2) is 5.78 Å². The Morgan fingerprint density at radius 2 is 2.07 bits per heavy atom. The Balaban J connectivity index is 2.97. The molecule has 82 valence electrons. The molecule has 0 unspecified atom stereocenters. The molecule has 0 atom stereocenters. The van der Waals surface area contributed by atoms with Crippen LogP contribution in [0.1, 0.15) is 37.8 Å². The van der Waals surface area contributed by atoms with Crippen molar-refractivity contribution in [3.8, 4) is 5.75 Å². The largest absolute Gasteiger partial charge is 0.485 e. The van der Waals surface area contributed by atoms with Gasteiger partial charge in [-0.3, -0.25) is 4.79 Å². The first-order chi connectivity index (χ1) is 7.02. The van der Waals surface area contributed by atoms with E-state index < -0.39 is 0 Å². The Kier molecular flexibility index (Phi) is 3.89. The van der Waals surface area contributed by atoms with Crippen molar-refractivity contribution in [3.63, 3.8) is 0 Å². The number of Topliss-reactive ketones (excluding diaryl/α,β-unsaturated/α-hetero) is 1. The fraction of sp³-hybridized carbons (Fsp3) is 0.462. The molecule has 2 heteroatoms. The zero-order valence-corrected chi connectivity index (χ0v) is 9.83. The number of hydrogen-bond donors (Lipinski definition) is 0. The van der Waals surface area contributed by atoms with E-state index in [2.05, 4.69) is 13.8 Å². The summed E-state index contributed by atoms with van der Waals surface area (Å²) in [6, 6.07) is 6.07. The molecule has 2 nitrogen and oxygen atoms in total. The van der Waals surface area contributed by atoms with Gasteiger partial charge in [0.1, 0.15) is 12.4 Å². The van der Waals surface area contributed by atoms with E-state index in [-0.39, 0.29) is 12.4 Å². The summed E-state index contributed by atoms with van der Waals surface area (Å²) in [5, 5.41) is 0. The standard InChI is InChI=1S/C13H18O2/c1-9(2)12-7-5-6-10(3)13(12)15-8-11(4)14/h5-7,9H,8H2,1-4H3. The summed E-state index contributed by atoms with van der Waals surface area (Å²) in [5.41, 5.74) is 2.25. The van der Waals surface area contributed by atoms with E-state index in [1.807, 2.05) is 25.1 Å². The second-order valence-electron chi connectivity index (χ2n) is 4.14. The highest BCUT2D eigenvalue weighted by Crippen LogP contribution is 2.29. The zero-order chi connectivity index (χ0) is 11.4. The van der Waals surface area contributed by atoms with Crippen molar-refractivity contribution in [1.29, 1.82) is 0 Å². The van der Waals surface area contributed by atoms with Crippen LogP contribution < -0.4 is 4.74 Å². The van der Waals surface area contributed by atoms with Gasteiger partial charge < -0.3 is 4.74 Å². The average Bonchev–Trinajstić information content (AvgIpc) is 2.15. The van der Waals surface area contributed by atoms with Gasteiger partial charge in [0.05, 0.1) is 0 Å². The summed E-state index contributed by atoms with van der Waals surface area (Å²) in [6.45, 7) is 7.93. The number of carbonyl (C=O) groups excluding carboxylic acids is 1. The van der Waals surface area contributed by atoms with Crippen LogP contribution in [0.3, 0.4) is 0 Å². The first kappa shape index (κ1) is 11.8. The normalized spacial score (nSPS) is 10.5. The molecule has 0 heterocycles. The first-order valence-electron chi connectivity index (χ1n) is 5.24. The summed E-state index contributed by atoms with van der Waals surface area (Å²) >= 11 is 0. The number of hydrogen-bond acceptors (Lipinski definition) is 2. The van der Waals surface area contributed by atoms with E-state index in [1.54, 1.807) is 0 Å². The molecule has 0 saturated heterocycles. The van der Waals surface area contributed by atoms with E-state index in [0.717, 1.165) is 16.9 Å². The topological polar surface area (TPSA) is 26.3 Å². The number of carbonyl (C=O) groups is 1. The molecule has 1 rings (SSSR count). The fourth-order valence-corrected chi connectivity index (χ4v) is 1.50. The minimum absolute atomic E-state index is 0.0490. The van der Waals surface area contributed by atoms with Crippen LogP contribution in [0.15, 0.2) is 18.2 Å². The van der Waals surface area contributed by atoms with Crippen LogP contribution >= 0.6 is 0 Å². The highest BCUT2D eigenvalue weighted by molar-refractivity contribution is 5.77. The summed E-state index contributed by atoms with van der Waals surface area (Å²) in [7, 11) is 0. The van der Waals surface area contributed by atoms with E-state index in [1.165, 1.54) is 6.92 Å². The van der Waals surface area contributed by atoms with Crippen molar-refractivity contribution in [1.82, 2.24) is 0 Å². The molecule has 0 spiro atoms. The molecular weight excluding hydrogens is 188 g/mol. The molecule has 0 fully saturated rings. The third-order valence-electron chi connectivity index (χ3n) is 2.28. The average molecular weight is 206 g/mol. The number of aryl methyl sites for hydroxylation is 1. The Labute approximate surface area is 91.3 Å².